The summed E-state index contributed by atoms with van der Waals surface area (Å²) in [5, 5.41) is 22.5. The van der Waals surface area contributed by atoms with E-state index in [4.69, 9.17) is 9.47 Å². The number of aliphatic hydroxyl groups is 1. The van der Waals surface area contributed by atoms with Crippen LogP contribution in [0.3, 0.4) is 0 Å². The molecule has 11 nitrogen and oxygen atoms in total. The van der Waals surface area contributed by atoms with E-state index in [1.165, 1.54) is 12.8 Å². The normalized spacial score (nSPS) is 14.4. The lowest BCUT2D eigenvalue weighted by Gasteiger charge is -2.19. The van der Waals surface area contributed by atoms with Crippen LogP contribution in [0.2, 0.25) is 0 Å². The Bertz CT molecular complexity index is 942. The van der Waals surface area contributed by atoms with Gasteiger partial charge in [-0.25, -0.2) is 0 Å². The number of aromatic nitrogens is 3. The highest BCUT2D eigenvalue weighted by Gasteiger charge is 2.18. The van der Waals surface area contributed by atoms with Crippen molar-refractivity contribution in [2.24, 2.45) is 5.92 Å². The Hall–Kier alpha value is -3.02. The molecule has 0 aliphatic heterocycles. The van der Waals surface area contributed by atoms with Gasteiger partial charge in [0, 0.05) is 24.7 Å². The molecule has 3 rings (SSSR count). The Balaban J connectivity index is 1.35. The van der Waals surface area contributed by atoms with Gasteiger partial charge in [-0.3, -0.25) is 4.79 Å². The van der Waals surface area contributed by atoms with Crippen LogP contribution in [0.15, 0.2) is 30.3 Å². The quantitative estimate of drug-likeness (QED) is 0.183. The van der Waals surface area contributed by atoms with Gasteiger partial charge in [0.2, 0.25) is 17.8 Å². The molecule has 1 atom stereocenters. The summed E-state index contributed by atoms with van der Waals surface area (Å²) >= 11 is 0. The number of ether oxygens (including phenoxy) is 2. The maximum absolute atomic E-state index is 12.0. The van der Waals surface area contributed by atoms with Gasteiger partial charge in [0.1, 0.15) is 0 Å². The first-order valence-electron chi connectivity index (χ1n) is 13.7. The van der Waals surface area contributed by atoms with Crippen LogP contribution in [0.5, 0.6) is 0 Å². The Kier molecular flexibility index (Phi) is 13.0. The lowest BCUT2D eigenvalue weighted by molar-refractivity contribution is 0.0519. The highest BCUT2D eigenvalue weighted by molar-refractivity contribution is 5.94. The second-order valence-corrected chi connectivity index (χ2v) is 9.86. The summed E-state index contributed by atoms with van der Waals surface area (Å²) in [5.41, 5.74) is 0.634. The van der Waals surface area contributed by atoms with Crippen molar-refractivity contribution in [3.63, 3.8) is 0 Å². The molecule has 2 aromatic rings. The molecule has 0 spiro atoms. The average Bonchev–Trinajstić information content (AvgIpc) is 3.42. The fourth-order valence-electron chi connectivity index (χ4n) is 4.25. The van der Waals surface area contributed by atoms with E-state index in [-0.39, 0.29) is 18.6 Å². The number of hydrogen-bond acceptors (Lipinski definition) is 10. The molecule has 0 unspecified atom stereocenters. The summed E-state index contributed by atoms with van der Waals surface area (Å²) in [6, 6.07) is 9.34. The molecule has 1 aliphatic carbocycles. The Morgan fingerprint density at radius 3 is 2.29 bits per heavy atom. The highest BCUT2D eigenvalue weighted by atomic mass is 16.5. The summed E-state index contributed by atoms with van der Waals surface area (Å²) in [7, 11) is 0. The number of aliphatic hydroxyl groups excluding tert-OH is 1. The number of carbonyl (C=O) groups is 1. The molecule has 11 heteroatoms. The maximum atomic E-state index is 12.0. The highest BCUT2D eigenvalue weighted by Crippen LogP contribution is 2.22. The SMILES string of the molecule is CC(C)C[C@H](CO)Nc1nc(NCCOCCOCCNC(=O)c2ccccc2)nc(NC2CCCC2)n1. The van der Waals surface area contributed by atoms with Crippen LogP contribution in [0.25, 0.3) is 0 Å². The predicted molar refractivity (Wildman–Crippen MR) is 149 cm³/mol. The molecule has 1 heterocycles. The third-order valence-electron chi connectivity index (χ3n) is 6.10. The number of carbonyl (C=O) groups excluding carboxylic acids is 1. The lowest BCUT2D eigenvalue weighted by atomic mass is 10.0. The summed E-state index contributed by atoms with van der Waals surface area (Å²) in [5.74, 6) is 1.76. The lowest BCUT2D eigenvalue weighted by Crippen LogP contribution is -2.28. The molecular weight excluding hydrogens is 486 g/mol. The minimum Gasteiger partial charge on any atom is -0.394 e. The number of amides is 1. The summed E-state index contributed by atoms with van der Waals surface area (Å²) < 4.78 is 11.2. The number of nitrogens with one attached hydrogen (secondary N) is 4. The van der Waals surface area contributed by atoms with Crippen LogP contribution in [0.1, 0.15) is 56.3 Å². The molecule has 1 aromatic carbocycles. The van der Waals surface area contributed by atoms with Gasteiger partial charge in [0.25, 0.3) is 5.91 Å². The van der Waals surface area contributed by atoms with Crippen molar-refractivity contribution < 1.29 is 19.4 Å². The third kappa shape index (κ3) is 11.2. The molecule has 1 saturated carbocycles. The van der Waals surface area contributed by atoms with E-state index in [2.05, 4.69) is 50.1 Å². The first-order valence-corrected chi connectivity index (χ1v) is 13.7. The minimum absolute atomic E-state index is 0.00726. The average molecular weight is 530 g/mol. The molecular formula is C27H43N7O4. The Morgan fingerprint density at radius 1 is 0.947 bits per heavy atom. The van der Waals surface area contributed by atoms with Crippen LogP contribution in [0, 0.1) is 5.92 Å². The van der Waals surface area contributed by atoms with Crippen LogP contribution in [-0.4, -0.2) is 84.2 Å². The van der Waals surface area contributed by atoms with Gasteiger partial charge in [-0.2, -0.15) is 15.0 Å². The van der Waals surface area contributed by atoms with Crippen molar-refractivity contribution >= 4 is 23.8 Å². The zero-order valence-electron chi connectivity index (χ0n) is 22.6. The molecule has 38 heavy (non-hydrogen) atoms. The first kappa shape index (κ1) is 29.5. The number of nitrogens with zero attached hydrogens (tertiary/aromatic N) is 3. The predicted octanol–water partition coefficient (Wildman–Crippen LogP) is 2.92. The fraction of sp³-hybridized carbons (Fsp3) is 0.630. The molecule has 1 aromatic heterocycles. The van der Waals surface area contributed by atoms with E-state index in [0.717, 1.165) is 19.3 Å². The van der Waals surface area contributed by atoms with E-state index in [0.29, 0.717) is 74.9 Å². The van der Waals surface area contributed by atoms with Gasteiger partial charge in [-0.1, -0.05) is 44.9 Å². The van der Waals surface area contributed by atoms with Crippen molar-refractivity contribution in [1.29, 1.82) is 0 Å². The second kappa shape index (κ2) is 16.7. The standard InChI is InChI=1S/C27H43N7O4/c1-20(2)18-23(19-35)31-27-33-25(32-26(34-27)30-22-10-6-7-11-22)29-13-15-38-17-16-37-14-12-28-24(36)21-8-4-3-5-9-21/h3-5,8-9,20,22-23,35H,6-7,10-19H2,1-2H3,(H,28,36)(H3,29,30,31,32,33,34)/t23-/m1/s1. The summed E-state index contributed by atoms with van der Waals surface area (Å²) in [4.78, 5) is 25.5. The molecule has 1 aliphatic rings. The van der Waals surface area contributed by atoms with E-state index >= 15 is 0 Å². The van der Waals surface area contributed by atoms with Crippen molar-refractivity contribution in [3.8, 4) is 0 Å². The van der Waals surface area contributed by atoms with E-state index in [1.54, 1.807) is 12.1 Å². The van der Waals surface area contributed by atoms with Crippen molar-refractivity contribution in [3.05, 3.63) is 35.9 Å². The van der Waals surface area contributed by atoms with Gasteiger partial charge in [0.15, 0.2) is 0 Å². The minimum atomic E-state index is -0.125. The number of rotatable bonds is 18. The first-order chi connectivity index (χ1) is 18.5. The molecule has 210 valence electrons. The third-order valence-corrected chi connectivity index (χ3v) is 6.10. The topological polar surface area (TPSA) is 143 Å². The summed E-state index contributed by atoms with van der Waals surface area (Å²) in [6.07, 6.45) is 5.45. The molecule has 0 saturated heterocycles. The van der Waals surface area contributed by atoms with E-state index in [9.17, 15) is 9.90 Å². The summed E-state index contributed by atoms with van der Waals surface area (Å²) in [6.45, 7) is 6.97. The van der Waals surface area contributed by atoms with Crippen LogP contribution in [0.4, 0.5) is 17.8 Å². The number of anilines is 3. The van der Waals surface area contributed by atoms with Crippen LogP contribution >= 0.6 is 0 Å². The Morgan fingerprint density at radius 2 is 1.61 bits per heavy atom. The Labute approximate surface area is 225 Å². The zero-order valence-corrected chi connectivity index (χ0v) is 22.6. The number of hydrogen-bond donors (Lipinski definition) is 5. The van der Waals surface area contributed by atoms with Gasteiger partial charge in [0.05, 0.1) is 39.1 Å². The van der Waals surface area contributed by atoms with Gasteiger partial charge >= 0.3 is 0 Å². The molecule has 5 N–H and O–H groups in total. The molecule has 1 amide bonds. The van der Waals surface area contributed by atoms with E-state index < -0.39 is 0 Å². The number of benzene rings is 1. The maximum Gasteiger partial charge on any atom is 0.251 e. The second-order valence-electron chi connectivity index (χ2n) is 9.86. The van der Waals surface area contributed by atoms with E-state index in [1.807, 2.05) is 18.2 Å². The fourth-order valence-corrected chi connectivity index (χ4v) is 4.25. The van der Waals surface area contributed by atoms with Crippen LogP contribution in [-0.2, 0) is 9.47 Å². The smallest absolute Gasteiger partial charge is 0.251 e. The molecule has 0 bridgehead atoms. The van der Waals surface area contributed by atoms with Gasteiger partial charge < -0.3 is 35.8 Å². The zero-order chi connectivity index (χ0) is 27.0. The largest absolute Gasteiger partial charge is 0.394 e. The van der Waals surface area contributed by atoms with Gasteiger partial charge in [-0.15, -0.1) is 0 Å². The molecule has 0 radical (unpaired) electrons. The van der Waals surface area contributed by atoms with Crippen molar-refractivity contribution in [1.82, 2.24) is 20.3 Å². The molecule has 1 fully saturated rings. The van der Waals surface area contributed by atoms with Gasteiger partial charge in [-0.05, 0) is 37.3 Å². The van der Waals surface area contributed by atoms with Crippen molar-refractivity contribution in [2.75, 3.05) is 62.1 Å². The van der Waals surface area contributed by atoms with Crippen LogP contribution < -0.4 is 21.3 Å². The van der Waals surface area contributed by atoms with Crippen molar-refractivity contribution in [2.45, 2.75) is 58.0 Å². The monoisotopic (exact) mass is 529 g/mol.